The molecule has 2 rings (SSSR count). The largest absolute Gasteiger partial charge is 0.497 e. The third-order valence-corrected chi connectivity index (χ3v) is 4.17. The first kappa shape index (κ1) is 19.6. The van der Waals surface area contributed by atoms with E-state index < -0.39 is 0 Å². The number of aromatic nitrogens is 2. The van der Waals surface area contributed by atoms with Crippen molar-refractivity contribution in [2.75, 3.05) is 12.4 Å². The fourth-order valence-electron chi connectivity index (χ4n) is 1.66. The number of ether oxygens (including phenoxy) is 1. The maximum atomic E-state index is 5.89. The lowest BCUT2D eigenvalue weighted by molar-refractivity contribution is 0.415. The molecule has 0 amide bonds. The number of hydrogen-bond donors (Lipinski definition) is 2. The second-order valence-corrected chi connectivity index (χ2v) is 6.87. The Hall–Kier alpha value is -1.42. The maximum absolute atomic E-state index is 5.89. The first-order valence-corrected chi connectivity index (χ1v) is 7.74. The summed E-state index contributed by atoms with van der Waals surface area (Å²) in [5, 5.41) is 13.2. The highest BCUT2D eigenvalue weighted by atomic mass is 127. The van der Waals surface area contributed by atoms with E-state index in [9.17, 15) is 0 Å². The molecular formula is C15H22IN5OS. The van der Waals surface area contributed by atoms with Crippen LogP contribution < -0.4 is 15.8 Å². The number of halogens is 1. The average molecular weight is 447 g/mol. The van der Waals surface area contributed by atoms with Crippen molar-refractivity contribution < 1.29 is 4.74 Å². The highest BCUT2D eigenvalue weighted by Crippen LogP contribution is 2.25. The molecule has 23 heavy (non-hydrogen) atoms. The molecule has 1 aromatic carbocycles. The zero-order valence-electron chi connectivity index (χ0n) is 13.7. The topological polar surface area (TPSA) is 85.4 Å². The second-order valence-electron chi connectivity index (χ2n) is 5.81. The van der Waals surface area contributed by atoms with E-state index in [1.807, 2.05) is 24.3 Å². The number of nitrogens with zero attached hydrogens (tertiary/aromatic N) is 3. The van der Waals surface area contributed by atoms with Crippen LogP contribution in [0.2, 0.25) is 0 Å². The Morgan fingerprint density at radius 2 is 2.09 bits per heavy atom. The monoisotopic (exact) mass is 447 g/mol. The van der Waals surface area contributed by atoms with Crippen LogP contribution in [0.3, 0.4) is 0 Å². The number of methoxy groups -OCH3 is 1. The standard InChI is InChI=1S/C15H21N5OS.HI/c1-15(2,3)13-20-19-12(22-13)9-17-14(16)18-10-6-5-7-11(8-10)21-4;/h5-8H,9H2,1-4H3,(H3,16,17,18);1H. The quantitative estimate of drug-likeness (QED) is 0.427. The van der Waals surface area contributed by atoms with E-state index in [1.54, 1.807) is 18.4 Å². The molecule has 0 unspecified atom stereocenters. The van der Waals surface area contributed by atoms with Crippen molar-refractivity contribution in [3.05, 3.63) is 34.3 Å². The molecule has 0 bridgehead atoms. The number of anilines is 1. The molecule has 0 aliphatic carbocycles. The summed E-state index contributed by atoms with van der Waals surface area (Å²) in [6.07, 6.45) is 0. The molecule has 0 spiro atoms. The molecule has 0 aliphatic heterocycles. The lowest BCUT2D eigenvalue weighted by Gasteiger charge is -2.12. The Labute approximate surface area is 157 Å². The van der Waals surface area contributed by atoms with E-state index in [0.717, 1.165) is 21.5 Å². The van der Waals surface area contributed by atoms with Crippen LogP contribution in [-0.4, -0.2) is 23.3 Å². The number of guanidine groups is 1. The van der Waals surface area contributed by atoms with Crippen LogP contribution in [0.4, 0.5) is 5.69 Å². The van der Waals surface area contributed by atoms with Crippen molar-refractivity contribution in [3.63, 3.8) is 0 Å². The predicted octanol–water partition coefficient (Wildman–Crippen LogP) is 3.39. The molecule has 0 fully saturated rings. The van der Waals surface area contributed by atoms with Gasteiger partial charge >= 0.3 is 0 Å². The van der Waals surface area contributed by atoms with Crippen molar-refractivity contribution in [1.82, 2.24) is 10.2 Å². The van der Waals surface area contributed by atoms with Crippen LogP contribution >= 0.6 is 35.3 Å². The Morgan fingerprint density at radius 1 is 1.35 bits per heavy atom. The van der Waals surface area contributed by atoms with Crippen molar-refractivity contribution in [2.45, 2.75) is 32.7 Å². The molecule has 3 N–H and O–H groups in total. The summed E-state index contributed by atoms with van der Waals surface area (Å²) >= 11 is 1.56. The minimum atomic E-state index is 0. The molecular weight excluding hydrogens is 425 g/mol. The lowest BCUT2D eigenvalue weighted by atomic mass is 9.98. The van der Waals surface area contributed by atoms with Crippen molar-refractivity contribution in [3.8, 4) is 5.75 Å². The van der Waals surface area contributed by atoms with E-state index in [0.29, 0.717) is 12.5 Å². The minimum Gasteiger partial charge on any atom is -0.497 e. The fourth-order valence-corrected chi connectivity index (χ4v) is 2.48. The van der Waals surface area contributed by atoms with Gasteiger partial charge in [0.15, 0.2) is 5.96 Å². The number of aliphatic imine (C=N–C) groups is 1. The summed E-state index contributed by atoms with van der Waals surface area (Å²) in [4.78, 5) is 4.29. The predicted molar refractivity (Wildman–Crippen MR) is 106 cm³/mol. The van der Waals surface area contributed by atoms with Gasteiger partial charge in [-0.2, -0.15) is 0 Å². The molecule has 2 aromatic rings. The second kappa shape index (κ2) is 8.44. The van der Waals surface area contributed by atoms with Gasteiger partial charge in [0, 0.05) is 17.2 Å². The molecule has 6 nitrogen and oxygen atoms in total. The van der Waals surface area contributed by atoms with Crippen LogP contribution in [0.15, 0.2) is 29.3 Å². The molecule has 0 saturated carbocycles. The van der Waals surface area contributed by atoms with Gasteiger partial charge in [-0.05, 0) is 12.1 Å². The van der Waals surface area contributed by atoms with Crippen LogP contribution in [0, 0.1) is 0 Å². The van der Waals surface area contributed by atoms with E-state index in [4.69, 9.17) is 10.5 Å². The van der Waals surface area contributed by atoms with Gasteiger partial charge in [-0.1, -0.05) is 38.2 Å². The Bertz CT molecular complexity index is 666. The maximum Gasteiger partial charge on any atom is 0.193 e. The van der Waals surface area contributed by atoms with Gasteiger partial charge in [0.25, 0.3) is 0 Å². The van der Waals surface area contributed by atoms with E-state index >= 15 is 0 Å². The minimum absolute atomic E-state index is 0. The molecule has 0 saturated heterocycles. The van der Waals surface area contributed by atoms with Gasteiger partial charge in [0.05, 0.1) is 13.7 Å². The Kier molecular flexibility index (Phi) is 7.20. The summed E-state index contributed by atoms with van der Waals surface area (Å²) in [5.74, 6) is 1.09. The van der Waals surface area contributed by atoms with E-state index in [-0.39, 0.29) is 29.4 Å². The first-order valence-electron chi connectivity index (χ1n) is 6.92. The molecule has 1 aromatic heterocycles. The zero-order valence-corrected chi connectivity index (χ0v) is 16.8. The fraction of sp³-hybridized carbons (Fsp3) is 0.400. The van der Waals surface area contributed by atoms with Gasteiger partial charge in [-0.3, -0.25) is 0 Å². The number of benzene rings is 1. The van der Waals surface area contributed by atoms with Crippen LogP contribution in [-0.2, 0) is 12.0 Å². The van der Waals surface area contributed by atoms with Gasteiger partial charge < -0.3 is 15.8 Å². The van der Waals surface area contributed by atoms with Gasteiger partial charge in [0.1, 0.15) is 15.8 Å². The Balaban J connectivity index is 0.00000264. The number of rotatable bonds is 4. The van der Waals surface area contributed by atoms with Crippen molar-refractivity contribution in [1.29, 1.82) is 0 Å². The van der Waals surface area contributed by atoms with Crippen molar-refractivity contribution >= 4 is 47.0 Å². The molecule has 8 heteroatoms. The molecule has 1 heterocycles. The third kappa shape index (κ3) is 5.94. The summed E-state index contributed by atoms with van der Waals surface area (Å²) < 4.78 is 5.16. The highest BCUT2D eigenvalue weighted by Gasteiger charge is 2.19. The zero-order chi connectivity index (χ0) is 16.2. The summed E-state index contributed by atoms with van der Waals surface area (Å²) in [6.45, 7) is 6.74. The van der Waals surface area contributed by atoms with Gasteiger partial charge in [0.2, 0.25) is 0 Å². The summed E-state index contributed by atoms with van der Waals surface area (Å²) in [5.41, 5.74) is 6.72. The lowest BCUT2D eigenvalue weighted by Crippen LogP contribution is -2.22. The van der Waals surface area contributed by atoms with Crippen LogP contribution in [0.1, 0.15) is 30.8 Å². The van der Waals surface area contributed by atoms with E-state index in [1.165, 1.54) is 0 Å². The van der Waals surface area contributed by atoms with Gasteiger partial charge in [-0.15, -0.1) is 34.2 Å². The van der Waals surface area contributed by atoms with Crippen LogP contribution in [0.5, 0.6) is 5.75 Å². The van der Waals surface area contributed by atoms with E-state index in [2.05, 4.69) is 41.3 Å². The number of nitrogens with two attached hydrogens (primary N) is 1. The number of nitrogens with one attached hydrogen (secondary N) is 1. The molecule has 0 aliphatic rings. The smallest absolute Gasteiger partial charge is 0.193 e. The highest BCUT2D eigenvalue weighted by molar-refractivity contribution is 14.0. The van der Waals surface area contributed by atoms with Crippen LogP contribution in [0.25, 0.3) is 0 Å². The third-order valence-electron chi connectivity index (χ3n) is 2.84. The molecule has 0 atom stereocenters. The molecule has 0 radical (unpaired) electrons. The Morgan fingerprint density at radius 3 is 2.70 bits per heavy atom. The molecule has 126 valence electrons. The first-order chi connectivity index (χ1) is 10.4. The SMILES string of the molecule is COc1cccc(NC(N)=NCc2nnc(C(C)(C)C)s2)c1.I. The van der Waals surface area contributed by atoms with Crippen molar-refractivity contribution in [2.24, 2.45) is 10.7 Å². The normalized spacial score (nSPS) is 11.7. The van der Waals surface area contributed by atoms with Gasteiger partial charge in [-0.25, -0.2) is 4.99 Å². The number of hydrogen-bond acceptors (Lipinski definition) is 5. The average Bonchev–Trinajstić information content (AvgIpc) is 2.94. The summed E-state index contributed by atoms with van der Waals surface area (Å²) in [7, 11) is 1.62. The summed E-state index contributed by atoms with van der Waals surface area (Å²) in [6, 6.07) is 7.50.